The highest BCUT2D eigenvalue weighted by Crippen LogP contribution is 2.23. The van der Waals surface area contributed by atoms with Crippen LogP contribution >= 0.6 is 0 Å². The van der Waals surface area contributed by atoms with Crippen LogP contribution in [0.4, 0.5) is 0 Å². The second kappa shape index (κ2) is 6.54. The minimum atomic E-state index is -1.17. The number of rotatable bonds is 7. The number of nitrogens with zero attached hydrogens (tertiary/aromatic N) is 1. The number of pyridine rings is 1. The van der Waals surface area contributed by atoms with Crippen molar-refractivity contribution in [2.75, 3.05) is 6.61 Å². The summed E-state index contributed by atoms with van der Waals surface area (Å²) in [6.45, 7) is 2.20. The standard InChI is InChI=1S/C16H20N2O3/c1-2-16(17,15(19)20)9-5-11-21-13-8-3-6-12-7-4-10-18-14(12)13/h3-4,6-8,10H,2,5,9,11,17H2,1H3,(H,19,20). The van der Waals surface area contributed by atoms with Gasteiger partial charge in [0.05, 0.1) is 6.61 Å². The van der Waals surface area contributed by atoms with Gasteiger partial charge in [-0.15, -0.1) is 0 Å². The molecule has 0 fully saturated rings. The maximum atomic E-state index is 11.1. The molecule has 21 heavy (non-hydrogen) atoms. The van der Waals surface area contributed by atoms with E-state index in [9.17, 15) is 4.79 Å². The van der Waals surface area contributed by atoms with Crippen molar-refractivity contribution in [3.63, 3.8) is 0 Å². The number of aliphatic carboxylic acids is 1. The Hall–Kier alpha value is -2.14. The summed E-state index contributed by atoms with van der Waals surface area (Å²) in [7, 11) is 0. The Bertz CT molecular complexity index is 624. The summed E-state index contributed by atoms with van der Waals surface area (Å²) in [5, 5.41) is 10.1. The van der Waals surface area contributed by atoms with Crippen LogP contribution in [-0.4, -0.2) is 28.2 Å². The maximum Gasteiger partial charge on any atom is 0.323 e. The van der Waals surface area contributed by atoms with Crippen molar-refractivity contribution in [2.45, 2.75) is 31.7 Å². The van der Waals surface area contributed by atoms with Gasteiger partial charge in [0.25, 0.3) is 0 Å². The van der Waals surface area contributed by atoms with Gasteiger partial charge in [0.15, 0.2) is 0 Å². The lowest BCUT2D eigenvalue weighted by molar-refractivity contribution is -0.143. The Morgan fingerprint density at radius 2 is 2.14 bits per heavy atom. The molecule has 0 radical (unpaired) electrons. The number of carboxylic acids is 1. The number of carbonyl (C=O) groups is 1. The Labute approximate surface area is 123 Å². The summed E-state index contributed by atoms with van der Waals surface area (Å²) in [5.74, 6) is -0.251. The van der Waals surface area contributed by atoms with Crippen LogP contribution in [0.25, 0.3) is 10.9 Å². The number of hydrogen-bond donors (Lipinski definition) is 2. The zero-order valence-electron chi connectivity index (χ0n) is 12.1. The largest absolute Gasteiger partial charge is 0.491 e. The molecule has 2 rings (SSSR count). The zero-order valence-corrected chi connectivity index (χ0v) is 12.1. The predicted octanol–water partition coefficient (Wildman–Crippen LogP) is 2.59. The lowest BCUT2D eigenvalue weighted by atomic mass is 9.92. The number of carboxylic acid groups (broad SMARTS) is 1. The number of ether oxygens (including phenoxy) is 1. The molecule has 0 saturated heterocycles. The molecule has 0 saturated carbocycles. The topological polar surface area (TPSA) is 85.4 Å². The van der Waals surface area contributed by atoms with Gasteiger partial charge in [-0.1, -0.05) is 25.1 Å². The van der Waals surface area contributed by atoms with Gasteiger partial charge in [-0.3, -0.25) is 9.78 Å². The average Bonchev–Trinajstić information content (AvgIpc) is 2.51. The van der Waals surface area contributed by atoms with Crippen molar-refractivity contribution in [1.29, 1.82) is 0 Å². The predicted molar refractivity (Wildman–Crippen MR) is 81.3 cm³/mol. The van der Waals surface area contributed by atoms with E-state index in [1.165, 1.54) is 0 Å². The third-order valence-corrected chi connectivity index (χ3v) is 3.68. The lowest BCUT2D eigenvalue weighted by Crippen LogP contribution is -2.47. The molecule has 0 aliphatic heterocycles. The summed E-state index contributed by atoms with van der Waals surface area (Å²) in [6.07, 6.45) is 3.09. The van der Waals surface area contributed by atoms with Gasteiger partial charge >= 0.3 is 5.97 Å². The molecule has 1 atom stereocenters. The minimum absolute atomic E-state index is 0.386. The molecule has 1 aromatic carbocycles. The van der Waals surface area contributed by atoms with Crippen LogP contribution < -0.4 is 10.5 Å². The van der Waals surface area contributed by atoms with E-state index in [-0.39, 0.29) is 0 Å². The molecule has 3 N–H and O–H groups in total. The molecule has 5 nitrogen and oxygen atoms in total. The highest BCUT2D eigenvalue weighted by Gasteiger charge is 2.31. The Kier molecular flexibility index (Phi) is 4.75. The molecule has 0 bridgehead atoms. The number of fused-ring (bicyclic) bond motifs is 1. The van der Waals surface area contributed by atoms with Gasteiger partial charge in [-0.05, 0) is 31.4 Å². The van der Waals surface area contributed by atoms with Gasteiger partial charge in [0.2, 0.25) is 0 Å². The van der Waals surface area contributed by atoms with Crippen LogP contribution in [0.5, 0.6) is 5.75 Å². The molecular weight excluding hydrogens is 268 g/mol. The molecule has 1 aromatic heterocycles. The van der Waals surface area contributed by atoms with Crippen LogP contribution in [0.1, 0.15) is 26.2 Å². The summed E-state index contributed by atoms with van der Waals surface area (Å²) in [5.41, 5.74) is 5.49. The van der Waals surface area contributed by atoms with Crippen molar-refractivity contribution < 1.29 is 14.6 Å². The Morgan fingerprint density at radius 3 is 2.86 bits per heavy atom. The monoisotopic (exact) mass is 288 g/mol. The lowest BCUT2D eigenvalue weighted by Gasteiger charge is -2.22. The molecule has 2 aromatic rings. The first-order valence-electron chi connectivity index (χ1n) is 7.05. The average molecular weight is 288 g/mol. The second-order valence-corrected chi connectivity index (χ2v) is 5.10. The normalized spacial score (nSPS) is 13.8. The van der Waals surface area contributed by atoms with Crippen LogP contribution in [0, 0.1) is 0 Å². The van der Waals surface area contributed by atoms with E-state index in [0.717, 1.165) is 10.9 Å². The molecule has 0 aliphatic rings. The number of aromatic nitrogens is 1. The number of nitrogens with two attached hydrogens (primary N) is 1. The zero-order chi connectivity index (χ0) is 15.3. The fourth-order valence-corrected chi connectivity index (χ4v) is 2.20. The minimum Gasteiger partial charge on any atom is -0.491 e. The summed E-state index contributed by atoms with van der Waals surface area (Å²) >= 11 is 0. The SMILES string of the molecule is CCC(N)(CCCOc1cccc2cccnc12)C(=O)O. The van der Waals surface area contributed by atoms with E-state index in [1.54, 1.807) is 13.1 Å². The van der Waals surface area contributed by atoms with Crippen molar-refractivity contribution in [3.05, 3.63) is 36.5 Å². The second-order valence-electron chi connectivity index (χ2n) is 5.10. The third-order valence-electron chi connectivity index (χ3n) is 3.68. The Morgan fingerprint density at radius 1 is 1.38 bits per heavy atom. The van der Waals surface area contributed by atoms with Crippen molar-refractivity contribution >= 4 is 16.9 Å². The molecule has 112 valence electrons. The van der Waals surface area contributed by atoms with E-state index in [0.29, 0.717) is 31.6 Å². The molecule has 1 heterocycles. The molecule has 1 unspecified atom stereocenters. The Balaban J connectivity index is 1.96. The van der Waals surface area contributed by atoms with Gasteiger partial charge < -0.3 is 15.6 Å². The van der Waals surface area contributed by atoms with E-state index >= 15 is 0 Å². The molecule has 5 heteroatoms. The van der Waals surface area contributed by atoms with Gasteiger partial charge in [-0.25, -0.2) is 0 Å². The first kappa shape index (κ1) is 15.3. The number of benzene rings is 1. The van der Waals surface area contributed by atoms with Gasteiger partial charge in [0, 0.05) is 11.6 Å². The third kappa shape index (κ3) is 3.49. The highest BCUT2D eigenvalue weighted by atomic mass is 16.5. The van der Waals surface area contributed by atoms with Crippen LogP contribution in [0.2, 0.25) is 0 Å². The smallest absolute Gasteiger partial charge is 0.323 e. The van der Waals surface area contributed by atoms with Crippen molar-refractivity contribution in [2.24, 2.45) is 5.73 Å². The van der Waals surface area contributed by atoms with Gasteiger partial charge in [0.1, 0.15) is 16.8 Å². The first-order chi connectivity index (χ1) is 10.1. The van der Waals surface area contributed by atoms with Crippen LogP contribution in [-0.2, 0) is 4.79 Å². The molecular formula is C16H20N2O3. The summed E-state index contributed by atoms with van der Waals surface area (Å²) in [4.78, 5) is 15.4. The summed E-state index contributed by atoms with van der Waals surface area (Å²) < 4.78 is 5.73. The first-order valence-corrected chi connectivity index (χ1v) is 7.05. The molecule has 0 amide bonds. The fourth-order valence-electron chi connectivity index (χ4n) is 2.20. The number of hydrogen-bond acceptors (Lipinski definition) is 4. The maximum absolute atomic E-state index is 11.1. The molecule has 0 aliphatic carbocycles. The van der Waals surface area contributed by atoms with E-state index < -0.39 is 11.5 Å². The van der Waals surface area contributed by atoms with E-state index in [4.69, 9.17) is 15.6 Å². The van der Waals surface area contributed by atoms with Crippen molar-refractivity contribution in [1.82, 2.24) is 4.98 Å². The fraction of sp³-hybridized carbons (Fsp3) is 0.375. The number of para-hydroxylation sites is 1. The van der Waals surface area contributed by atoms with Crippen LogP contribution in [0.3, 0.4) is 0 Å². The van der Waals surface area contributed by atoms with E-state index in [2.05, 4.69) is 4.98 Å². The van der Waals surface area contributed by atoms with Crippen LogP contribution in [0.15, 0.2) is 36.5 Å². The van der Waals surface area contributed by atoms with Gasteiger partial charge in [-0.2, -0.15) is 0 Å². The van der Waals surface area contributed by atoms with E-state index in [1.807, 2.05) is 30.3 Å². The molecule has 0 spiro atoms. The quantitative estimate of drug-likeness (QED) is 0.765. The highest BCUT2D eigenvalue weighted by molar-refractivity contribution is 5.84. The van der Waals surface area contributed by atoms with Crippen molar-refractivity contribution in [3.8, 4) is 5.75 Å². The summed E-state index contributed by atoms with van der Waals surface area (Å²) in [6, 6.07) is 9.60.